The van der Waals surface area contributed by atoms with E-state index in [2.05, 4.69) is 13.2 Å². The van der Waals surface area contributed by atoms with Crippen molar-refractivity contribution in [1.29, 1.82) is 0 Å². The van der Waals surface area contributed by atoms with E-state index in [1.165, 1.54) is 0 Å². The first-order valence-electron chi connectivity index (χ1n) is 6.51. The van der Waals surface area contributed by atoms with Gasteiger partial charge in [0.2, 0.25) is 0 Å². The van der Waals surface area contributed by atoms with Crippen LogP contribution in [0.15, 0.2) is 24.3 Å². The van der Waals surface area contributed by atoms with Gasteiger partial charge in [-0.2, -0.15) is 0 Å². The Labute approximate surface area is 108 Å². The highest BCUT2D eigenvalue weighted by Crippen LogP contribution is 2.21. The number of hydrogen-bond acceptors (Lipinski definition) is 4. The van der Waals surface area contributed by atoms with Crippen molar-refractivity contribution >= 4 is 0 Å². The third-order valence-electron chi connectivity index (χ3n) is 3.40. The standard InChI is InChI=1S/C14H22O4/c1-10-3-5-12(16-7-10)9-18-14(15)13-6-4-11(2)8-17-13/h12-15H,1-9H2. The van der Waals surface area contributed by atoms with Gasteiger partial charge in [0, 0.05) is 0 Å². The van der Waals surface area contributed by atoms with Crippen molar-refractivity contribution in [3.05, 3.63) is 24.3 Å². The molecule has 102 valence electrons. The Bertz CT molecular complexity index is 293. The summed E-state index contributed by atoms with van der Waals surface area (Å²) in [4.78, 5) is 0. The molecule has 2 saturated heterocycles. The average Bonchev–Trinajstić information content (AvgIpc) is 2.38. The summed E-state index contributed by atoms with van der Waals surface area (Å²) in [5.74, 6) is 0. The molecule has 0 aliphatic carbocycles. The van der Waals surface area contributed by atoms with E-state index in [-0.39, 0.29) is 12.2 Å². The van der Waals surface area contributed by atoms with E-state index >= 15 is 0 Å². The zero-order chi connectivity index (χ0) is 13.0. The van der Waals surface area contributed by atoms with E-state index in [9.17, 15) is 5.11 Å². The second kappa shape index (κ2) is 6.48. The number of ether oxygens (including phenoxy) is 3. The normalized spacial score (nSPS) is 31.4. The van der Waals surface area contributed by atoms with Crippen LogP contribution in [0.1, 0.15) is 25.7 Å². The first-order chi connectivity index (χ1) is 8.65. The first kappa shape index (κ1) is 13.7. The van der Waals surface area contributed by atoms with Gasteiger partial charge in [-0.15, -0.1) is 0 Å². The van der Waals surface area contributed by atoms with Gasteiger partial charge in [0.05, 0.1) is 25.9 Å². The van der Waals surface area contributed by atoms with Crippen molar-refractivity contribution in [3.8, 4) is 0 Å². The summed E-state index contributed by atoms with van der Waals surface area (Å²) in [6.45, 7) is 9.27. The maximum atomic E-state index is 9.89. The van der Waals surface area contributed by atoms with Crippen LogP contribution in [-0.4, -0.2) is 43.4 Å². The number of hydrogen-bond donors (Lipinski definition) is 1. The Hall–Kier alpha value is -0.680. The van der Waals surface area contributed by atoms with E-state index in [0.717, 1.165) is 36.8 Å². The van der Waals surface area contributed by atoms with Crippen molar-refractivity contribution in [2.24, 2.45) is 0 Å². The lowest BCUT2D eigenvalue weighted by Crippen LogP contribution is -2.37. The molecule has 0 saturated carbocycles. The highest BCUT2D eigenvalue weighted by molar-refractivity contribution is 4.99. The molecule has 18 heavy (non-hydrogen) atoms. The largest absolute Gasteiger partial charge is 0.371 e. The Morgan fingerprint density at radius 3 is 2.39 bits per heavy atom. The Kier molecular flexibility index (Phi) is 4.95. The molecule has 2 rings (SSSR count). The van der Waals surface area contributed by atoms with Gasteiger partial charge < -0.3 is 19.3 Å². The lowest BCUT2D eigenvalue weighted by molar-refractivity contribution is -0.197. The topological polar surface area (TPSA) is 47.9 Å². The summed E-state index contributed by atoms with van der Waals surface area (Å²) < 4.78 is 16.5. The van der Waals surface area contributed by atoms with E-state index in [1.54, 1.807) is 0 Å². The second-order valence-corrected chi connectivity index (χ2v) is 5.08. The SMILES string of the molecule is C=C1CCC(COC(O)C2CCC(=C)CO2)OC1. The van der Waals surface area contributed by atoms with Crippen LogP contribution < -0.4 is 0 Å². The molecular formula is C14H22O4. The van der Waals surface area contributed by atoms with Crippen LogP contribution in [-0.2, 0) is 14.2 Å². The van der Waals surface area contributed by atoms with Gasteiger partial charge in [-0.05, 0) is 25.7 Å². The highest BCUT2D eigenvalue weighted by atomic mass is 16.6. The summed E-state index contributed by atoms with van der Waals surface area (Å²) in [6.07, 6.45) is 2.50. The maximum absolute atomic E-state index is 9.89. The molecule has 2 fully saturated rings. The summed E-state index contributed by atoms with van der Waals surface area (Å²) in [5.41, 5.74) is 2.20. The molecule has 0 amide bonds. The minimum absolute atomic E-state index is 0.0590. The van der Waals surface area contributed by atoms with Crippen LogP contribution in [0.2, 0.25) is 0 Å². The molecule has 2 aliphatic rings. The van der Waals surface area contributed by atoms with Gasteiger partial charge in [0.1, 0.15) is 6.10 Å². The van der Waals surface area contributed by atoms with Crippen LogP contribution in [0.5, 0.6) is 0 Å². The van der Waals surface area contributed by atoms with Crippen molar-refractivity contribution in [1.82, 2.24) is 0 Å². The molecule has 4 heteroatoms. The minimum Gasteiger partial charge on any atom is -0.371 e. The fourth-order valence-corrected chi connectivity index (χ4v) is 2.15. The number of aliphatic hydroxyl groups excluding tert-OH is 1. The van der Waals surface area contributed by atoms with Crippen molar-refractivity contribution in [2.75, 3.05) is 19.8 Å². The third kappa shape index (κ3) is 3.92. The van der Waals surface area contributed by atoms with Crippen LogP contribution in [0.3, 0.4) is 0 Å². The predicted molar refractivity (Wildman–Crippen MR) is 68.2 cm³/mol. The van der Waals surface area contributed by atoms with E-state index < -0.39 is 6.29 Å². The fourth-order valence-electron chi connectivity index (χ4n) is 2.15. The molecule has 2 aliphatic heterocycles. The lowest BCUT2D eigenvalue weighted by atomic mass is 10.1. The second-order valence-electron chi connectivity index (χ2n) is 5.08. The van der Waals surface area contributed by atoms with E-state index in [0.29, 0.717) is 19.8 Å². The van der Waals surface area contributed by atoms with Gasteiger partial charge in [-0.25, -0.2) is 0 Å². The molecule has 2 heterocycles. The summed E-state index contributed by atoms with van der Waals surface area (Å²) in [6, 6.07) is 0. The quantitative estimate of drug-likeness (QED) is 0.614. The molecule has 1 N–H and O–H groups in total. The van der Waals surface area contributed by atoms with Crippen LogP contribution in [0.4, 0.5) is 0 Å². The molecule has 3 unspecified atom stereocenters. The fraction of sp³-hybridized carbons (Fsp3) is 0.714. The average molecular weight is 254 g/mol. The van der Waals surface area contributed by atoms with Gasteiger partial charge in [-0.3, -0.25) is 0 Å². The Morgan fingerprint density at radius 1 is 1.17 bits per heavy atom. The molecule has 0 radical (unpaired) electrons. The maximum Gasteiger partial charge on any atom is 0.181 e. The molecule has 0 bridgehead atoms. The highest BCUT2D eigenvalue weighted by Gasteiger charge is 2.26. The smallest absolute Gasteiger partial charge is 0.181 e. The lowest BCUT2D eigenvalue weighted by Gasteiger charge is -2.30. The molecule has 0 aromatic rings. The Morgan fingerprint density at radius 2 is 1.83 bits per heavy atom. The van der Waals surface area contributed by atoms with Crippen LogP contribution in [0, 0.1) is 0 Å². The summed E-state index contributed by atoms with van der Waals surface area (Å²) in [7, 11) is 0. The Balaban J connectivity index is 1.66. The molecule has 4 nitrogen and oxygen atoms in total. The third-order valence-corrected chi connectivity index (χ3v) is 3.40. The molecule has 0 aromatic carbocycles. The van der Waals surface area contributed by atoms with E-state index in [1.807, 2.05) is 0 Å². The van der Waals surface area contributed by atoms with Gasteiger partial charge >= 0.3 is 0 Å². The van der Waals surface area contributed by atoms with Gasteiger partial charge in [-0.1, -0.05) is 24.3 Å². The molecule has 0 spiro atoms. The van der Waals surface area contributed by atoms with Crippen molar-refractivity contribution in [2.45, 2.75) is 44.2 Å². The summed E-state index contributed by atoms with van der Waals surface area (Å²) >= 11 is 0. The number of rotatable bonds is 4. The van der Waals surface area contributed by atoms with E-state index in [4.69, 9.17) is 14.2 Å². The zero-order valence-electron chi connectivity index (χ0n) is 10.8. The molecule has 0 aromatic heterocycles. The molecular weight excluding hydrogens is 232 g/mol. The van der Waals surface area contributed by atoms with Crippen molar-refractivity contribution < 1.29 is 19.3 Å². The van der Waals surface area contributed by atoms with Crippen LogP contribution >= 0.6 is 0 Å². The van der Waals surface area contributed by atoms with Crippen LogP contribution in [0.25, 0.3) is 0 Å². The van der Waals surface area contributed by atoms with Gasteiger partial charge in [0.15, 0.2) is 6.29 Å². The number of aliphatic hydroxyl groups is 1. The first-order valence-corrected chi connectivity index (χ1v) is 6.51. The zero-order valence-corrected chi connectivity index (χ0v) is 10.8. The minimum atomic E-state index is -0.869. The monoisotopic (exact) mass is 254 g/mol. The predicted octanol–water partition coefficient (Wildman–Crippen LogP) is 1.79. The van der Waals surface area contributed by atoms with Gasteiger partial charge in [0.25, 0.3) is 0 Å². The van der Waals surface area contributed by atoms with Crippen molar-refractivity contribution in [3.63, 3.8) is 0 Å². The summed E-state index contributed by atoms with van der Waals surface area (Å²) in [5, 5.41) is 9.89. The molecule has 3 atom stereocenters.